The van der Waals surface area contributed by atoms with Crippen LogP contribution in [-0.4, -0.2) is 52.9 Å². The van der Waals surface area contributed by atoms with Crippen molar-refractivity contribution < 1.29 is 9.59 Å². The van der Waals surface area contributed by atoms with E-state index in [0.717, 1.165) is 61.3 Å². The molecule has 2 aliphatic rings. The Hall–Kier alpha value is -2.83. The molecule has 148 valence electrons. The van der Waals surface area contributed by atoms with Crippen LogP contribution < -0.4 is 10.6 Å². The normalized spacial score (nSPS) is 23.0. The number of nitrogens with zero attached hydrogens (tertiary/aromatic N) is 3. The number of nitrogens with one attached hydrogen (secondary N) is 1. The van der Waals surface area contributed by atoms with Gasteiger partial charge in [0, 0.05) is 55.3 Å². The fourth-order valence-corrected chi connectivity index (χ4v) is 4.37. The number of amides is 2. The zero-order valence-corrected chi connectivity index (χ0v) is 16.2. The number of hydrogen-bond acceptors (Lipinski definition) is 4. The molecule has 1 saturated heterocycles. The fourth-order valence-electron chi connectivity index (χ4n) is 4.37. The second-order valence-corrected chi connectivity index (χ2v) is 8.00. The minimum Gasteiger partial charge on any atom is -0.367 e. The Labute approximate surface area is 164 Å². The van der Waals surface area contributed by atoms with Crippen LogP contribution in [0.1, 0.15) is 31.7 Å². The van der Waals surface area contributed by atoms with Crippen LogP contribution in [0.25, 0.3) is 17.1 Å². The zero-order chi connectivity index (χ0) is 19.7. The van der Waals surface area contributed by atoms with Gasteiger partial charge in [0.25, 0.3) is 0 Å². The lowest BCUT2D eigenvalue weighted by atomic mass is 10.0. The number of carbonyl (C=O) groups is 2. The summed E-state index contributed by atoms with van der Waals surface area (Å²) in [6.45, 7) is 5.35. The summed E-state index contributed by atoms with van der Waals surface area (Å²) in [6, 6.07) is 2.08. The number of carbonyl (C=O) groups excluding carboxylic acids is 2. The first-order valence-electron chi connectivity index (χ1n) is 9.99. The molecule has 3 heterocycles. The zero-order valence-electron chi connectivity index (χ0n) is 16.2. The second-order valence-electron chi connectivity index (χ2n) is 8.00. The lowest BCUT2D eigenvalue weighted by Gasteiger charge is -2.37. The molecule has 0 spiro atoms. The highest BCUT2D eigenvalue weighted by molar-refractivity contribution is 5.95. The Kier molecular flexibility index (Phi) is 5.07. The van der Waals surface area contributed by atoms with Crippen LogP contribution in [0.2, 0.25) is 0 Å². The first kappa shape index (κ1) is 18.5. The van der Waals surface area contributed by atoms with E-state index >= 15 is 0 Å². The van der Waals surface area contributed by atoms with Crippen molar-refractivity contribution in [2.45, 2.75) is 26.2 Å². The predicted octanol–water partition coefficient (Wildman–Crippen LogP) is 2.15. The molecule has 2 amide bonds. The summed E-state index contributed by atoms with van der Waals surface area (Å²) in [5.74, 6) is 0.754. The van der Waals surface area contributed by atoms with E-state index in [9.17, 15) is 9.59 Å². The van der Waals surface area contributed by atoms with Crippen molar-refractivity contribution >= 4 is 34.6 Å². The van der Waals surface area contributed by atoms with Gasteiger partial charge in [0.15, 0.2) is 0 Å². The van der Waals surface area contributed by atoms with Gasteiger partial charge in [0.2, 0.25) is 11.8 Å². The van der Waals surface area contributed by atoms with Crippen LogP contribution in [0.4, 0.5) is 5.69 Å². The van der Waals surface area contributed by atoms with E-state index in [1.54, 1.807) is 6.08 Å². The maximum absolute atomic E-state index is 12.7. The number of hydrogen-bond donors (Lipinski definition) is 2. The molecule has 0 unspecified atom stereocenters. The van der Waals surface area contributed by atoms with Crippen LogP contribution in [-0.2, 0) is 9.59 Å². The Morgan fingerprint density at radius 2 is 2.04 bits per heavy atom. The van der Waals surface area contributed by atoms with Gasteiger partial charge in [-0.3, -0.25) is 9.59 Å². The largest absolute Gasteiger partial charge is 0.367 e. The minimum atomic E-state index is -0.476. The van der Waals surface area contributed by atoms with Gasteiger partial charge in [0.05, 0.1) is 11.9 Å². The van der Waals surface area contributed by atoms with E-state index in [-0.39, 0.29) is 5.92 Å². The molecular formula is C21H27N5O2. The molecule has 1 saturated carbocycles. The van der Waals surface area contributed by atoms with E-state index in [4.69, 9.17) is 5.73 Å². The average molecular weight is 381 g/mol. The van der Waals surface area contributed by atoms with Crippen molar-refractivity contribution in [1.29, 1.82) is 0 Å². The minimum absolute atomic E-state index is 0.221. The number of primary amides is 1. The Morgan fingerprint density at radius 1 is 1.25 bits per heavy atom. The third-order valence-electron chi connectivity index (χ3n) is 5.98. The predicted molar refractivity (Wildman–Crippen MR) is 110 cm³/mol. The average Bonchev–Trinajstić information content (AvgIpc) is 3.31. The van der Waals surface area contributed by atoms with E-state index in [1.165, 1.54) is 12.5 Å². The number of anilines is 1. The van der Waals surface area contributed by atoms with Crippen molar-refractivity contribution in [3.63, 3.8) is 0 Å². The van der Waals surface area contributed by atoms with Crippen molar-refractivity contribution in [2.24, 2.45) is 17.6 Å². The molecule has 2 fully saturated rings. The number of nitrogens with two attached hydrogens (primary N) is 1. The molecule has 2 atom stereocenters. The van der Waals surface area contributed by atoms with Gasteiger partial charge in [-0.15, -0.1) is 0 Å². The number of aromatic nitrogens is 2. The summed E-state index contributed by atoms with van der Waals surface area (Å²) in [7, 11) is 0. The quantitative estimate of drug-likeness (QED) is 0.793. The second kappa shape index (κ2) is 7.66. The molecule has 28 heavy (non-hydrogen) atoms. The van der Waals surface area contributed by atoms with Crippen molar-refractivity contribution in [1.82, 2.24) is 14.9 Å². The van der Waals surface area contributed by atoms with Gasteiger partial charge in [-0.05, 0) is 37.3 Å². The third-order valence-corrected chi connectivity index (χ3v) is 5.98. The Balaban J connectivity index is 1.44. The fraction of sp³-hybridized carbons (Fsp3) is 0.476. The van der Waals surface area contributed by atoms with Crippen molar-refractivity contribution in [3.05, 3.63) is 30.1 Å². The molecule has 1 aliphatic heterocycles. The van der Waals surface area contributed by atoms with E-state index < -0.39 is 5.91 Å². The van der Waals surface area contributed by atoms with Crippen LogP contribution in [0.3, 0.4) is 0 Å². The van der Waals surface area contributed by atoms with E-state index in [2.05, 4.69) is 27.9 Å². The van der Waals surface area contributed by atoms with Crippen LogP contribution in [0.15, 0.2) is 24.5 Å². The maximum Gasteiger partial charge on any atom is 0.241 e. The molecule has 1 aliphatic carbocycles. The van der Waals surface area contributed by atoms with Crippen LogP contribution in [0.5, 0.6) is 0 Å². The molecule has 0 aromatic carbocycles. The van der Waals surface area contributed by atoms with Gasteiger partial charge >= 0.3 is 0 Å². The van der Waals surface area contributed by atoms with Gasteiger partial charge in [-0.25, -0.2) is 4.98 Å². The summed E-state index contributed by atoms with van der Waals surface area (Å²) in [5.41, 5.74) is 7.88. The highest BCUT2D eigenvalue weighted by Gasteiger charge is 2.32. The smallest absolute Gasteiger partial charge is 0.241 e. The molecule has 2 aromatic heterocycles. The molecular weight excluding hydrogens is 354 g/mol. The van der Waals surface area contributed by atoms with Crippen LogP contribution in [0, 0.1) is 11.8 Å². The lowest BCUT2D eigenvalue weighted by Crippen LogP contribution is -2.50. The molecule has 0 radical (unpaired) electrons. The summed E-state index contributed by atoms with van der Waals surface area (Å²) in [6.07, 6.45) is 9.97. The Bertz CT molecular complexity index is 911. The first-order chi connectivity index (χ1) is 13.5. The maximum atomic E-state index is 12.7. The molecule has 7 heteroatoms. The number of piperazine rings is 1. The van der Waals surface area contributed by atoms with Gasteiger partial charge in [-0.2, -0.15) is 0 Å². The molecule has 0 bridgehead atoms. The summed E-state index contributed by atoms with van der Waals surface area (Å²) in [4.78, 5) is 35.7. The van der Waals surface area contributed by atoms with E-state index in [1.807, 2.05) is 17.3 Å². The van der Waals surface area contributed by atoms with Gasteiger partial charge in [-0.1, -0.05) is 6.92 Å². The number of rotatable bonds is 4. The molecule has 2 aromatic rings. The number of fused-ring (bicyclic) bond motifs is 1. The highest BCUT2D eigenvalue weighted by Crippen LogP contribution is 2.32. The number of pyridine rings is 1. The van der Waals surface area contributed by atoms with Crippen molar-refractivity contribution in [3.8, 4) is 0 Å². The summed E-state index contributed by atoms with van der Waals surface area (Å²) < 4.78 is 0. The number of aromatic amines is 1. The topological polar surface area (TPSA) is 95.3 Å². The van der Waals surface area contributed by atoms with E-state index in [0.29, 0.717) is 11.8 Å². The molecule has 3 N–H and O–H groups in total. The number of H-pyrrole nitrogens is 1. The first-order valence-corrected chi connectivity index (χ1v) is 9.99. The van der Waals surface area contributed by atoms with Crippen molar-refractivity contribution in [2.75, 3.05) is 31.1 Å². The SMILES string of the molecule is C[C@H]1CC[C@@H](C(=O)N2CCN(c3cnc4[nH]cc(/C=C/C(N)=O)c4c3)CC2)C1. The summed E-state index contributed by atoms with van der Waals surface area (Å²) in [5, 5.41) is 0.952. The monoisotopic (exact) mass is 381 g/mol. The standard InChI is InChI=1S/C21H27N5O2/c1-14-2-3-15(10-14)21(28)26-8-6-25(7-9-26)17-11-18-16(4-5-19(22)27)12-23-20(18)24-13-17/h4-5,11-15H,2-3,6-10H2,1H3,(H2,22,27)(H,23,24)/b5-4+/t14-,15+/m0/s1. The third kappa shape index (κ3) is 3.74. The van der Waals surface area contributed by atoms with Gasteiger partial charge in [0.1, 0.15) is 5.65 Å². The van der Waals surface area contributed by atoms with Crippen LogP contribution >= 0.6 is 0 Å². The molecule has 7 nitrogen and oxygen atoms in total. The Morgan fingerprint density at radius 3 is 2.71 bits per heavy atom. The summed E-state index contributed by atoms with van der Waals surface area (Å²) >= 11 is 0. The van der Waals surface area contributed by atoms with Gasteiger partial charge < -0.3 is 20.5 Å². The lowest BCUT2D eigenvalue weighted by molar-refractivity contribution is -0.135. The highest BCUT2D eigenvalue weighted by atomic mass is 16.2. The molecule has 4 rings (SSSR count).